The lowest BCUT2D eigenvalue weighted by molar-refractivity contribution is -0.170. The lowest BCUT2D eigenvalue weighted by atomic mass is 10.1. The Morgan fingerprint density at radius 1 is 1.33 bits per heavy atom. The first-order chi connectivity index (χ1) is 8.69. The van der Waals surface area contributed by atoms with Crippen molar-refractivity contribution in [2.24, 2.45) is 0 Å². The third-order valence-electron chi connectivity index (χ3n) is 3.67. The molecule has 4 nitrogen and oxygen atoms in total. The van der Waals surface area contributed by atoms with Gasteiger partial charge in [0.1, 0.15) is 0 Å². The van der Waals surface area contributed by atoms with Gasteiger partial charge in [0.15, 0.2) is 0 Å². The fraction of sp³-hybridized carbons (Fsp3) is 0.786. The highest BCUT2D eigenvalue weighted by Gasteiger charge is 2.22. The largest absolute Gasteiger partial charge is 0.288 e. The normalized spacial score (nSPS) is 17.5. The van der Waals surface area contributed by atoms with Gasteiger partial charge in [-0.1, -0.05) is 31.8 Å². The molecule has 18 heavy (non-hydrogen) atoms. The second-order valence-corrected chi connectivity index (χ2v) is 4.94. The van der Waals surface area contributed by atoms with E-state index in [0.29, 0.717) is 12.6 Å². The number of hydrogen-bond acceptors (Lipinski definition) is 3. The van der Waals surface area contributed by atoms with Crippen molar-refractivity contribution in [3.05, 3.63) is 12.7 Å². The van der Waals surface area contributed by atoms with Crippen LogP contribution in [0.25, 0.3) is 0 Å². The molecule has 0 aromatic heterocycles. The van der Waals surface area contributed by atoms with E-state index in [1.54, 1.807) is 7.05 Å². The predicted molar refractivity (Wildman–Crippen MR) is 73.0 cm³/mol. The van der Waals surface area contributed by atoms with Crippen LogP contribution in [-0.2, 0) is 9.63 Å². The maximum absolute atomic E-state index is 11.9. The number of hydrogen-bond donors (Lipinski definition) is 0. The molecule has 1 amide bonds. The highest BCUT2D eigenvalue weighted by atomic mass is 16.7. The monoisotopic (exact) mass is 254 g/mol. The molecule has 4 heteroatoms. The molecule has 1 rings (SSSR count). The van der Waals surface area contributed by atoms with E-state index in [4.69, 9.17) is 4.84 Å². The molecule has 0 aromatic rings. The molecule has 1 aliphatic carbocycles. The molecule has 0 spiro atoms. The van der Waals surface area contributed by atoms with Gasteiger partial charge in [-0.3, -0.25) is 14.5 Å². The summed E-state index contributed by atoms with van der Waals surface area (Å²) in [7, 11) is 3.17. The summed E-state index contributed by atoms with van der Waals surface area (Å²) in [6, 6.07) is 0.514. The first-order valence-electron chi connectivity index (χ1n) is 6.84. The first kappa shape index (κ1) is 15.2. The van der Waals surface area contributed by atoms with Crippen molar-refractivity contribution in [2.75, 3.05) is 27.2 Å². The van der Waals surface area contributed by atoms with Crippen LogP contribution in [0.2, 0.25) is 0 Å². The van der Waals surface area contributed by atoms with Crippen LogP contribution in [0.4, 0.5) is 0 Å². The molecular weight excluding hydrogens is 228 g/mol. The Kier molecular flexibility index (Phi) is 6.98. The summed E-state index contributed by atoms with van der Waals surface area (Å²) in [6.07, 6.45) is 9.45. The topological polar surface area (TPSA) is 32.8 Å². The van der Waals surface area contributed by atoms with E-state index in [0.717, 1.165) is 6.54 Å². The summed E-state index contributed by atoms with van der Waals surface area (Å²) in [5.74, 6) is 0.00333. The van der Waals surface area contributed by atoms with Crippen molar-refractivity contribution >= 4 is 5.91 Å². The molecule has 0 saturated heterocycles. The number of hydroxylamine groups is 2. The maximum Gasteiger partial charge on any atom is 0.260 e. The molecule has 0 aromatic carbocycles. The van der Waals surface area contributed by atoms with Crippen molar-refractivity contribution in [3.8, 4) is 0 Å². The Morgan fingerprint density at radius 2 is 1.94 bits per heavy atom. The van der Waals surface area contributed by atoms with Crippen molar-refractivity contribution in [2.45, 2.75) is 44.6 Å². The Balaban J connectivity index is 2.56. The molecule has 0 bridgehead atoms. The summed E-state index contributed by atoms with van der Waals surface area (Å²) in [6.45, 7) is 4.98. The van der Waals surface area contributed by atoms with Crippen molar-refractivity contribution < 1.29 is 9.63 Å². The summed E-state index contributed by atoms with van der Waals surface area (Å²) in [5, 5.41) is 1.30. The zero-order chi connectivity index (χ0) is 13.4. The zero-order valence-electron chi connectivity index (χ0n) is 11.7. The van der Waals surface area contributed by atoms with Crippen LogP contribution in [0.5, 0.6) is 0 Å². The van der Waals surface area contributed by atoms with Gasteiger partial charge in [-0.2, -0.15) is 0 Å². The molecule has 0 heterocycles. The van der Waals surface area contributed by atoms with Crippen LogP contribution >= 0.6 is 0 Å². The summed E-state index contributed by atoms with van der Waals surface area (Å²) in [5.41, 5.74) is 0. The molecule has 0 N–H and O–H groups in total. The van der Waals surface area contributed by atoms with Gasteiger partial charge in [-0.05, 0) is 12.8 Å². The number of carbonyl (C=O) groups is 1. The highest BCUT2D eigenvalue weighted by Crippen LogP contribution is 2.21. The van der Waals surface area contributed by atoms with Gasteiger partial charge in [0.25, 0.3) is 5.91 Å². The van der Waals surface area contributed by atoms with Crippen LogP contribution in [0.1, 0.15) is 38.5 Å². The van der Waals surface area contributed by atoms with Crippen LogP contribution in [-0.4, -0.2) is 49.2 Å². The highest BCUT2D eigenvalue weighted by molar-refractivity contribution is 5.76. The summed E-state index contributed by atoms with van der Waals surface area (Å²) >= 11 is 0. The fourth-order valence-corrected chi connectivity index (χ4v) is 2.51. The van der Waals surface area contributed by atoms with Gasteiger partial charge in [0, 0.05) is 19.6 Å². The minimum Gasteiger partial charge on any atom is -0.288 e. The van der Waals surface area contributed by atoms with Gasteiger partial charge in [-0.15, -0.1) is 6.58 Å². The second-order valence-electron chi connectivity index (χ2n) is 4.94. The van der Waals surface area contributed by atoms with E-state index in [9.17, 15) is 4.79 Å². The molecule has 0 unspecified atom stereocenters. The quantitative estimate of drug-likeness (QED) is 0.414. The van der Waals surface area contributed by atoms with Gasteiger partial charge >= 0.3 is 0 Å². The molecule has 0 aliphatic heterocycles. The van der Waals surface area contributed by atoms with E-state index in [1.165, 1.54) is 50.7 Å². The molecule has 104 valence electrons. The number of amides is 1. The number of nitrogens with zero attached hydrogens (tertiary/aromatic N) is 2. The van der Waals surface area contributed by atoms with Crippen LogP contribution < -0.4 is 0 Å². The third kappa shape index (κ3) is 4.78. The van der Waals surface area contributed by atoms with Crippen LogP contribution in [0, 0.1) is 0 Å². The smallest absolute Gasteiger partial charge is 0.260 e. The maximum atomic E-state index is 11.9. The van der Waals surface area contributed by atoms with Crippen molar-refractivity contribution in [3.63, 3.8) is 0 Å². The van der Waals surface area contributed by atoms with Gasteiger partial charge < -0.3 is 0 Å². The van der Waals surface area contributed by atoms with Crippen LogP contribution in [0.3, 0.4) is 0 Å². The molecule has 1 fully saturated rings. The van der Waals surface area contributed by atoms with Crippen molar-refractivity contribution in [1.29, 1.82) is 0 Å². The van der Waals surface area contributed by atoms with E-state index in [-0.39, 0.29) is 5.91 Å². The van der Waals surface area contributed by atoms with E-state index in [1.807, 2.05) is 6.08 Å². The predicted octanol–water partition coefficient (Wildman–Crippen LogP) is 2.22. The van der Waals surface area contributed by atoms with E-state index in [2.05, 4.69) is 11.5 Å². The van der Waals surface area contributed by atoms with Crippen molar-refractivity contribution in [1.82, 2.24) is 9.96 Å². The Hall–Kier alpha value is -0.870. The SMILES string of the molecule is C=CCN(CC(=O)N(C)OC)C1CCCCCC1. The molecular formula is C14H26N2O2. The standard InChI is InChI=1S/C14H26N2O2/c1-4-11-16(12-14(17)15(2)18-3)13-9-7-5-6-8-10-13/h4,13H,1,5-12H2,2-3H3. The van der Waals surface area contributed by atoms with Gasteiger partial charge in [-0.25, -0.2) is 5.06 Å². The fourth-order valence-electron chi connectivity index (χ4n) is 2.51. The second kappa shape index (κ2) is 8.27. The molecule has 0 atom stereocenters. The molecule has 1 saturated carbocycles. The average molecular weight is 254 g/mol. The Bertz CT molecular complexity index is 261. The Labute approximate surface area is 111 Å². The summed E-state index contributed by atoms with van der Waals surface area (Å²) < 4.78 is 0. The minimum absolute atomic E-state index is 0.00333. The number of carbonyl (C=O) groups excluding carboxylic acids is 1. The van der Waals surface area contributed by atoms with Gasteiger partial charge in [0.05, 0.1) is 13.7 Å². The number of likely N-dealkylation sites (N-methyl/N-ethyl adjacent to an activating group) is 1. The lowest BCUT2D eigenvalue weighted by Gasteiger charge is -2.30. The van der Waals surface area contributed by atoms with E-state index >= 15 is 0 Å². The lowest BCUT2D eigenvalue weighted by Crippen LogP contribution is -2.43. The first-order valence-corrected chi connectivity index (χ1v) is 6.84. The summed E-state index contributed by atoms with van der Waals surface area (Å²) in [4.78, 5) is 19.1. The Morgan fingerprint density at radius 3 is 2.44 bits per heavy atom. The van der Waals surface area contributed by atoms with E-state index < -0.39 is 0 Å². The third-order valence-corrected chi connectivity index (χ3v) is 3.67. The minimum atomic E-state index is 0.00333. The molecule has 0 radical (unpaired) electrons. The van der Waals surface area contributed by atoms with Crippen LogP contribution in [0.15, 0.2) is 12.7 Å². The average Bonchev–Trinajstić information content (AvgIpc) is 2.65. The zero-order valence-corrected chi connectivity index (χ0v) is 11.7. The molecule has 1 aliphatic rings. The van der Waals surface area contributed by atoms with Gasteiger partial charge in [0.2, 0.25) is 0 Å². The number of rotatable bonds is 6.